The molecule has 27 heavy (non-hydrogen) atoms. The smallest absolute Gasteiger partial charge is 0.338 e. The van der Waals surface area contributed by atoms with Gasteiger partial charge in [-0.25, -0.2) is 9.59 Å². The van der Waals surface area contributed by atoms with Crippen LogP contribution in [0, 0.1) is 16.0 Å². The second-order valence-electron chi connectivity index (χ2n) is 6.57. The van der Waals surface area contributed by atoms with Crippen molar-refractivity contribution >= 4 is 17.7 Å². The predicted octanol–water partition coefficient (Wildman–Crippen LogP) is 2.91. The lowest BCUT2D eigenvalue weighted by molar-refractivity contribution is -0.385. The molecule has 0 saturated heterocycles. The van der Waals surface area contributed by atoms with Crippen LogP contribution in [0.25, 0.3) is 0 Å². The van der Waals surface area contributed by atoms with Crippen LogP contribution in [0.3, 0.4) is 0 Å². The van der Waals surface area contributed by atoms with Gasteiger partial charge in [-0.2, -0.15) is 0 Å². The minimum absolute atomic E-state index is 0.165. The van der Waals surface area contributed by atoms with E-state index in [1.807, 2.05) is 13.8 Å². The fourth-order valence-electron chi connectivity index (χ4n) is 2.95. The highest BCUT2D eigenvalue weighted by atomic mass is 16.6. The Morgan fingerprint density at radius 3 is 2.78 bits per heavy atom. The highest BCUT2D eigenvalue weighted by molar-refractivity contribution is 5.95. The van der Waals surface area contributed by atoms with E-state index in [4.69, 9.17) is 4.74 Å². The number of esters is 1. The number of carbonyl (C=O) groups is 2. The molecule has 2 unspecified atom stereocenters. The zero-order chi connectivity index (χ0) is 20.1. The van der Waals surface area contributed by atoms with Crippen LogP contribution in [0.15, 0.2) is 29.5 Å². The lowest BCUT2D eigenvalue weighted by Gasteiger charge is -2.28. The van der Waals surface area contributed by atoms with Gasteiger partial charge in [0.15, 0.2) is 5.75 Å². The fraction of sp³-hybridized carbons (Fsp3) is 0.444. The van der Waals surface area contributed by atoms with E-state index in [9.17, 15) is 24.8 Å². The maximum atomic E-state index is 12.6. The molecule has 0 aromatic heterocycles. The number of rotatable bonds is 7. The van der Waals surface area contributed by atoms with Gasteiger partial charge in [-0.05, 0) is 30.9 Å². The number of carbonyl (C=O) groups excluding carboxylic acids is 2. The maximum absolute atomic E-state index is 12.6. The number of aromatic hydroxyl groups is 1. The first-order valence-corrected chi connectivity index (χ1v) is 8.67. The Labute approximate surface area is 156 Å². The molecule has 0 bridgehead atoms. The van der Waals surface area contributed by atoms with Gasteiger partial charge >= 0.3 is 17.7 Å². The van der Waals surface area contributed by atoms with Gasteiger partial charge in [0, 0.05) is 11.8 Å². The minimum Gasteiger partial charge on any atom is -0.502 e. The molecule has 9 heteroatoms. The molecule has 146 valence electrons. The van der Waals surface area contributed by atoms with Gasteiger partial charge in [-0.1, -0.05) is 26.3 Å². The lowest BCUT2D eigenvalue weighted by Crippen LogP contribution is -2.45. The van der Waals surface area contributed by atoms with Crippen molar-refractivity contribution in [2.45, 2.75) is 39.7 Å². The van der Waals surface area contributed by atoms with Crippen LogP contribution in [-0.4, -0.2) is 28.6 Å². The summed E-state index contributed by atoms with van der Waals surface area (Å²) in [5.41, 5.74) is 0.260. The first kappa shape index (κ1) is 20.2. The molecule has 1 aromatic carbocycles. The SMILES string of the molecule is CCCC(C)COC(=O)C1=C(C)NC(=O)NC1c1ccc(O)c([N+](=O)[O-])c1. The van der Waals surface area contributed by atoms with Crippen LogP contribution in [0.1, 0.15) is 45.2 Å². The van der Waals surface area contributed by atoms with E-state index in [-0.39, 0.29) is 18.1 Å². The molecule has 0 radical (unpaired) electrons. The fourth-order valence-corrected chi connectivity index (χ4v) is 2.95. The zero-order valence-corrected chi connectivity index (χ0v) is 15.4. The normalized spacial score (nSPS) is 17.7. The largest absolute Gasteiger partial charge is 0.502 e. The molecule has 1 aromatic rings. The van der Waals surface area contributed by atoms with E-state index >= 15 is 0 Å². The lowest BCUT2D eigenvalue weighted by atomic mass is 9.95. The summed E-state index contributed by atoms with van der Waals surface area (Å²) >= 11 is 0. The van der Waals surface area contributed by atoms with Crippen molar-refractivity contribution in [3.8, 4) is 5.75 Å². The average molecular weight is 377 g/mol. The number of benzene rings is 1. The number of phenolic OH excluding ortho intramolecular Hbond substituents is 1. The second kappa shape index (κ2) is 8.52. The summed E-state index contributed by atoms with van der Waals surface area (Å²) in [6.45, 7) is 5.81. The molecule has 0 spiro atoms. The Morgan fingerprint density at radius 2 is 2.15 bits per heavy atom. The Morgan fingerprint density at radius 1 is 1.44 bits per heavy atom. The molecule has 0 fully saturated rings. The third-order valence-electron chi connectivity index (χ3n) is 4.30. The number of nitrogens with zero attached hydrogens (tertiary/aromatic N) is 1. The number of phenols is 1. The molecule has 2 atom stereocenters. The van der Waals surface area contributed by atoms with Gasteiger partial charge in [0.05, 0.1) is 23.1 Å². The predicted molar refractivity (Wildman–Crippen MR) is 96.9 cm³/mol. The maximum Gasteiger partial charge on any atom is 0.338 e. The van der Waals surface area contributed by atoms with Gasteiger partial charge in [0.2, 0.25) is 0 Å². The topological polar surface area (TPSA) is 131 Å². The van der Waals surface area contributed by atoms with Crippen molar-refractivity contribution in [1.29, 1.82) is 0 Å². The van der Waals surface area contributed by atoms with Crippen molar-refractivity contribution in [2.24, 2.45) is 5.92 Å². The molecule has 2 amide bonds. The van der Waals surface area contributed by atoms with Crippen LogP contribution in [0.4, 0.5) is 10.5 Å². The number of hydrogen-bond acceptors (Lipinski definition) is 6. The summed E-state index contributed by atoms with van der Waals surface area (Å²) in [4.78, 5) is 34.9. The average Bonchev–Trinajstić information content (AvgIpc) is 2.59. The van der Waals surface area contributed by atoms with E-state index in [2.05, 4.69) is 10.6 Å². The molecule has 1 aliphatic rings. The molecular weight excluding hydrogens is 354 g/mol. The van der Waals surface area contributed by atoms with Gasteiger partial charge in [0.1, 0.15) is 0 Å². The summed E-state index contributed by atoms with van der Waals surface area (Å²) in [6, 6.07) is 2.24. The molecule has 0 aliphatic carbocycles. The molecule has 2 rings (SSSR count). The van der Waals surface area contributed by atoms with E-state index < -0.39 is 34.4 Å². The number of hydrogen-bond donors (Lipinski definition) is 3. The Hall–Kier alpha value is -3.10. The summed E-state index contributed by atoms with van der Waals surface area (Å²) in [5.74, 6) is -0.912. The van der Waals surface area contributed by atoms with Crippen molar-refractivity contribution in [3.63, 3.8) is 0 Å². The number of amides is 2. The molecular formula is C18H23N3O6. The van der Waals surface area contributed by atoms with E-state index in [1.165, 1.54) is 6.07 Å². The van der Waals surface area contributed by atoms with Crippen LogP contribution in [0.5, 0.6) is 5.75 Å². The van der Waals surface area contributed by atoms with Gasteiger partial charge < -0.3 is 20.5 Å². The monoisotopic (exact) mass is 377 g/mol. The van der Waals surface area contributed by atoms with Crippen LogP contribution < -0.4 is 10.6 Å². The van der Waals surface area contributed by atoms with Crippen molar-refractivity contribution in [2.75, 3.05) is 6.61 Å². The molecule has 1 heterocycles. The number of urea groups is 1. The highest BCUT2D eigenvalue weighted by Crippen LogP contribution is 2.33. The van der Waals surface area contributed by atoms with Gasteiger partial charge in [-0.3, -0.25) is 10.1 Å². The van der Waals surface area contributed by atoms with E-state index in [0.29, 0.717) is 11.3 Å². The summed E-state index contributed by atoms with van der Waals surface area (Å²) < 4.78 is 5.38. The summed E-state index contributed by atoms with van der Waals surface area (Å²) in [7, 11) is 0. The number of nitro benzene ring substituents is 1. The summed E-state index contributed by atoms with van der Waals surface area (Å²) in [6.07, 6.45) is 1.88. The third kappa shape index (κ3) is 4.75. The molecule has 9 nitrogen and oxygen atoms in total. The highest BCUT2D eigenvalue weighted by Gasteiger charge is 2.33. The van der Waals surface area contributed by atoms with Crippen LogP contribution >= 0.6 is 0 Å². The molecule has 1 aliphatic heterocycles. The van der Waals surface area contributed by atoms with Crippen molar-refractivity contribution in [3.05, 3.63) is 45.1 Å². The van der Waals surface area contributed by atoms with E-state index in [1.54, 1.807) is 6.92 Å². The van der Waals surface area contributed by atoms with Crippen LogP contribution in [0.2, 0.25) is 0 Å². The standard InChI is InChI=1S/C18H23N3O6/c1-4-5-10(2)9-27-17(23)15-11(3)19-18(24)20-16(15)12-6-7-14(22)13(8-12)21(25)26/h6-8,10,16,22H,4-5,9H2,1-3H3,(H2,19,20,24). The number of nitrogens with one attached hydrogen (secondary N) is 2. The van der Waals surface area contributed by atoms with Gasteiger partial charge in [-0.15, -0.1) is 0 Å². The van der Waals surface area contributed by atoms with E-state index in [0.717, 1.165) is 25.0 Å². The van der Waals surface area contributed by atoms with Crippen molar-refractivity contribution in [1.82, 2.24) is 10.6 Å². The quantitative estimate of drug-likeness (QED) is 0.380. The third-order valence-corrected chi connectivity index (χ3v) is 4.30. The van der Waals surface area contributed by atoms with Crippen molar-refractivity contribution < 1.29 is 24.4 Å². The van der Waals surface area contributed by atoms with Crippen LogP contribution in [-0.2, 0) is 9.53 Å². The Kier molecular flexibility index (Phi) is 6.38. The minimum atomic E-state index is -0.924. The zero-order valence-electron chi connectivity index (χ0n) is 15.4. The van der Waals surface area contributed by atoms with Gasteiger partial charge in [0.25, 0.3) is 0 Å². The Balaban J connectivity index is 2.34. The molecule has 0 saturated carbocycles. The summed E-state index contributed by atoms with van der Waals surface area (Å²) in [5, 5.41) is 25.8. The Bertz CT molecular complexity index is 789. The molecule has 3 N–H and O–H groups in total. The number of allylic oxidation sites excluding steroid dienone is 1. The second-order valence-corrected chi connectivity index (χ2v) is 6.57. The first-order valence-electron chi connectivity index (χ1n) is 8.67. The first-order chi connectivity index (χ1) is 12.7. The number of nitro groups is 1. The number of ether oxygens (including phenoxy) is 1.